The Morgan fingerprint density at radius 1 is 1.28 bits per heavy atom. The van der Waals surface area contributed by atoms with Gasteiger partial charge in [0.1, 0.15) is 5.82 Å². The van der Waals surface area contributed by atoms with Crippen molar-refractivity contribution in [3.8, 4) is 0 Å². The summed E-state index contributed by atoms with van der Waals surface area (Å²) in [7, 11) is 2.12. The first-order valence-electron chi connectivity index (χ1n) is 11.0. The van der Waals surface area contributed by atoms with E-state index < -0.39 is 0 Å². The molecule has 0 spiro atoms. The van der Waals surface area contributed by atoms with E-state index in [-0.39, 0.29) is 23.7 Å². The highest BCUT2D eigenvalue weighted by atomic mass is 16.2. The third-order valence-electron chi connectivity index (χ3n) is 6.39. The zero-order valence-electron chi connectivity index (χ0n) is 17.9. The fraction of sp³-hybridized carbons (Fsp3) is 0.727. The molecule has 29 heavy (non-hydrogen) atoms. The molecule has 0 radical (unpaired) electrons. The Labute approximate surface area is 173 Å². The molecule has 1 aromatic heterocycles. The van der Waals surface area contributed by atoms with Gasteiger partial charge in [0.25, 0.3) is 0 Å². The minimum atomic E-state index is -0.194. The molecule has 3 aliphatic rings. The van der Waals surface area contributed by atoms with E-state index in [1.165, 1.54) is 11.3 Å². The standard InChI is InChI=1S/C22H33N5O2/c1-15(2)11-27-14-17(9-20(27)28)22(29)26-7-4-5-16(13-26)21-23-10-18-12-25(3)8-6-19(18)24-21/h10,15-17H,4-9,11-14H2,1-3H3. The molecule has 2 amide bonds. The Hall–Kier alpha value is -2.02. The van der Waals surface area contributed by atoms with Crippen LogP contribution in [0.4, 0.5) is 0 Å². The second kappa shape index (κ2) is 8.38. The molecule has 0 aliphatic carbocycles. The second-order valence-corrected chi connectivity index (χ2v) is 9.40. The summed E-state index contributed by atoms with van der Waals surface area (Å²) in [6.45, 7) is 8.91. The number of carbonyl (C=O) groups excluding carboxylic acids is 2. The van der Waals surface area contributed by atoms with Gasteiger partial charge in [0, 0.05) is 75.5 Å². The lowest BCUT2D eigenvalue weighted by Crippen LogP contribution is -2.43. The maximum Gasteiger partial charge on any atom is 0.228 e. The number of piperidine rings is 1. The van der Waals surface area contributed by atoms with Gasteiger partial charge in [0.15, 0.2) is 0 Å². The molecular weight excluding hydrogens is 366 g/mol. The first kappa shape index (κ1) is 20.3. The number of hydrogen-bond donors (Lipinski definition) is 0. The van der Waals surface area contributed by atoms with Crippen molar-refractivity contribution in [3.05, 3.63) is 23.3 Å². The van der Waals surface area contributed by atoms with E-state index in [9.17, 15) is 9.59 Å². The monoisotopic (exact) mass is 399 g/mol. The summed E-state index contributed by atoms with van der Waals surface area (Å²) in [4.78, 5) is 41.1. The Kier molecular flexibility index (Phi) is 5.86. The summed E-state index contributed by atoms with van der Waals surface area (Å²) in [5, 5.41) is 0. The van der Waals surface area contributed by atoms with Gasteiger partial charge in [-0.1, -0.05) is 13.8 Å². The average Bonchev–Trinajstić information content (AvgIpc) is 3.06. The highest BCUT2D eigenvalue weighted by Gasteiger charge is 2.38. The van der Waals surface area contributed by atoms with Gasteiger partial charge in [-0.15, -0.1) is 0 Å². The molecule has 0 saturated carbocycles. The third kappa shape index (κ3) is 4.44. The van der Waals surface area contributed by atoms with E-state index in [0.717, 1.165) is 51.3 Å². The quantitative estimate of drug-likeness (QED) is 0.770. The summed E-state index contributed by atoms with van der Waals surface area (Å²) in [5.41, 5.74) is 2.39. The van der Waals surface area contributed by atoms with Crippen molar-refractivity contribution in [2.75, 3.05) is 39.8 Å². The van der Waals surface area contributed by atoms with E-state index in [1.807, 2.05) is 16.0 Å². The zero-order valence-corrected chi connectivity index (χ0v) is 17.9. The number of fused-ring (bicyclic) bond motifs is 1. The van der Waals surface area contributed by atoms with Crippen molar-refractivity contribution in [1.29, 1.82) is 0 Å². The predicted octanol–water partition coefficient (Wildman–Crippen LogP) is 1.67. The Morgan fingerprint density at radius 3 is 2.90 bits per heavy atom. The van der Waals surface area contributed by atoms with E-state index in [4.69, 9.17) is 4.98 Å². The molecule has 2 fully saturated rings. The van der Waals surface area contributed by atoms with Crippen molar-refractivity contribution < 1.29 is 9.59 Å². The lowest BCUT2D eigenvalue weighted by Gasteiger charge is -2.34. The lowest BCUT2D eigenvalue weighted by atomic mass is 9.95. The number of likely N-dealkylation sites (tertiary alicyclic amines) is 2. The van der Waals surface area contributed by atoms with E-state index in [0.29, 0.717) is 25.4 Å². The van der Waals surface area contributed by atoms with Crippen LogP contribution >= 0.6 is 0 Å². The topological polar surface area (TPSA) is 69.6 Å². The van der Waals surface area contributed by atoms with E-state index in [1.54, 1.807) is 0 Å². The molecule has 2 saturated heterocycles. The first-order valence-corrected chi connectivity index (χ1v) is 11.0. The van der Waals surface area contributed by atoms with Crippen molar-refractivity contribution in [1.82, 2.24) is 24.7 Å². The van der Waals surface area contributed by atoms with Gasteiger partial charge in [-0.05, 0) is 25.8 Å². The average molecular weight is 400 g/mol. The van der Waals surface area contributed by atoms with Crippen LogP contribution in [-0.4, -0.2) is 76.3 Å². The normalized spacial score (nSPS) is 25.6. The van der Waals surface area contributed by atoms with Gasteiger partial charge in [0.2, 0.25) is 11.8 Å². The van der Waals surface area contributed by atoms with Crippen LogP contribution < -0.4 is 0 Å². The van der Waals surface area contributed by atoms with Crippen LogP contribution in [0.3, 0.4) is 0 Å². The summed E-state index contributed by atoms with van der Waals surface area (Å²) >= 11 is 0. The van der Waals surface area contributed by atoms with Crippen LogP contribution in [0, 0.1) is 11.8 Å². The maximum absolute atomic E-state index is 13.1. The largest absolute Gasteiger partial charge is 0.342 e. The van der Waals surface area contributed by atoms with E-state index in [2.05, 4.69) is 30.8 Å². The minimum Gasteiger partial charge on any atom is -0.342 e. The van der Waals surface area contributed by atoms with Gasteiger partial charge in [-0.2, -0.15) is 0 Å². The minimum absolute atomic E-state index is 0.119. The van der Waals surface area contributed by atoms with Crippen molar-refractivity contribution in [2.24, 2.45) is 11.8 Å². The summed E-state index contributed by atoms with van der Waals surface area (Å²) in [6.07, 6.45) is 5.29. The molecule has 3 aliphatic heterocycles. The molecular formula is C22H33N5O2. The SMILES string of the molecule is CC(C)CN1CC(C(=O)N2CCCC(c3ncc4c(n3)CCN(C)C4)C2)CC1=O. The first-order chi connectivity index (χ1) is 13.9. The summed E-state index contributed by atoms with van der Waals surface area (Å²) in [6, 6.07) is 0. The summed E-state index contributed by atoms with van der Waals surface area (Å²) < 4.78 is 0. The molecule has 2 unspecified atom stereocenters. The van der Waals surface area contributed by atoms with Gasteiger partial charge in [0.05, 0.1) is 5.92 Å². The number of likely N-dealkylation sites (N-methyl/N-ethyl adjacent to an activating group) is 1. The lowest BCUT2D eigenvalue weighted by molar-refractivity contribution is -0.137. The fourth-order valence-corrected chi connectivity index (χ4v) is 4.87. The molecule has 7 heteroatoms. The molecule has 7 nitrogen and oxygen atoms in total. The fourth-order valence-electron chi connectivity index (χ4n) is 4.87. The second-order valence-electron chi connectivity index (χ2n) is 9.40. The van der Waals surface area contributed by atoms with Crippen LogP contribution in [0.2, 0.25) is 0 Å². The van der Waals surface area contributed by atoms with Crippen LogP contribution in [0.25, 0.3) is 0 Å². The van der Waals surface area contributed by atoms with Gasteiger partial charge in [-0.25, -0.2) is 9.97 Å². The Morgan fingerprint density at radius 2 is 2.10 bits per heavy atom. The molecule has 2 atom stereocenters. The molecule has 1 aromatic rings. The van der Waals surface area contributed by atoms with Gasteiger partial charge >= 0.3 is 0 Å². The van der Waals surface area contributed by atoms with Gasteiger partial charge in [-0.3, -0.25) is 9.59 Å². The molecule has 0 bridgehead atoms. The number of aromatic nitrogens is 2. The molecule has 0 aromatic carbocycles. The van der Waals surface area contributed by atoms with E-state index >= 15 is 0 Å². The van der Waals surface area contributed by atoms with Crippen LogP contribution in [0.15, 0.2) is 6.20 Å². The van der Waals surface area contributed by atoms with Crippen molar-refractivity contribution in [2.45, 2.75) is 52.0 Å². The molecule has 158 valence electrons. The van der Waals surface area contributed by atoms with Crippen LogP contribution in [0.5, 0.6) is 0 Å². The highest BCUT2D eigenvalue weighted by molar-refractivity contribution is 5.89. The van der Waals surface area contributed by atoms with Crippen LogP contribution in [0.1, 0.15) is 56.1 Å². The maximum atomic E-state index is 13.1. The molecule has 4 rings (SSSR count). The third-order valence-corrected chi connectivity index (χ3v) is 6.39. The smallest absolute Gasteiger partial charge is 0.228 e. The molecule has 0 N–H and O–H groups in total. The number of hydrogen-bond acceptors (Lipinski definition) is 5. The number of nitrogens with zero attached hydrogens (tertiary/aromatic N) is 5. The number of carbonyl (C=O) groups is 2. The van der Waals surface area contributed by atoms with Crippen molar-refractivity contribution >= 4 is 11.8 Å². The molecule has 4 heterocycles. The van der Waals surface area contributed by atoms with Crippen molar-refractivity contribution in [3.63, 3.8) is 0 Å². The Bertz CT molecular complexity index is 780. The zero-order chi connectivity index (χ0) is 20.5. The Balaban J connectivity index is 1.41. The predicted molar refractivity (Wildman–Crippen MR) is 110 cm³/mol. The van der Waals surface area contributed by atoms with Crippen LogP contribution in [-0.2, 0) is 22.6 Å². The number of rotatable bonds is 4. The van der Waals surface area contributed by atoms with Gasteiger partial charge < -0.3 is 14.7 Å². The highest BCUT2D eigenvalue weighted by Crippen LogP contribution is 2.29. The summed E-state index contributed by atoms with van der Waals surface area (Å²) in [5.74, 6) is 1.56. The number of amides is 2.